The van der Waals surface area contributed by atoms with Crippen molar-refractivity contribution in [3.8, 4) is 0 Å². The molecule has 0 saturated carbocycles. The number of aliphatic hydroxyl groups is 3. The molecule has 2 heterocycles. The van der Waals surface area contributed by atoms with Crippen LogP contribution in [0.5, 0.6) is 0 Å². The van der Waals surface area contributed by atoms with E-state index in [2.05, 4.69) is 26.8 Å². The summed E-state index contributed by atoms with van der Waals surface area (Å²) in [5, 5.41) is 30.9. The number of rotatable bonds is 13. The van der Waals surface area contributed by atoms with Crippen molar-refractivity contribution in [2.24, 2.45) is 0 Å². The van der Waals surface area contributed by atoms with Gasteiger partial charge in [-0.25, -0.2) is 0 Å². The van der Waals surface area contributed by atoms with Gasteiger partial charge in [0.2, 0.25) is 0 Å². The average Bonchev–Trinajstić information content (AvgIpc) is 3.27. The molecule has 0 unspecified atom stereocenters. The summed E-state index contributed by atoms with van der Waals surface area (Å²) < 4.78 is 11.6. The summed E-state index contributed by atoms with van der Waals surface area (Å²) in [5.41, 5.74) is 1.34. The molecule has 0 bridgehead atoms. The van der Waals surface area contributed by atoms with Gasteiger partial charge in [0.05, 0.1) is 42.7 Å². The minimum atomic E-state index is -0.561. The SMILES string of the molecule is CCCCC[C@@H](O)[C@H]1CC[C@H]([C@H](O)CC[C@H](O)CCCC2=C[C@H](C)O[C@@H]2C)O1. The molecule has 0 aromatic carbocycles. The van der Waals surface area contributed by atoms with Gasteiger partial charge in [-0.1, -0.05) is 32.3 Å². The fourth-order valence-electron chi connectivity index (χ4n) is 4.45. The fraction of sp³-hybridized carbons (Fsp3) is 0.913. The number of ether oxygens (including phenoxy) is 2. The predicted molar refractivity (Wildman–Crippen MR) is 111 cm³/mol. The Morgan fingerprint density at radius 3 is 2.18 bits per heavy atom. The minimum absolute atomic E-state index is 0.146. The Labute approximate surface area is 171 Å². The van der Waals surface area contributed by atoms with Crippen LogP contribution in [0.3, 0.4) is 0 Å². The van der Waals surface area contributed by atoms with Crippen LogP contribution >= 0.6 is 0 Å². The largest absolute Gasteiger partial charge is 0.393 e. The number of unbranched alkanes of at least 4 members (excludes halogenated alkanes) is 2. The van der Waals surface area contributed by atoms with Crippen molar-refractivity contribution in [3.63, 3.8) is 0 Å². The monoisotopic (exact) mass is 398 g/mol. The van der Waals surface area contributed by atoms with Gasteiger partial charge in [0.15, 0.2) is 0 Å². The van der Waals surface area contributed by atoms with Crippen molar-refractivity contribution in [1.82, 2.24) is 0 Å². The summed E-state index contributed by atoms with van der Waals surface area (Å²) >= 11 is 0. The molecule has 5 nitrogen and oxygen atoms in total. The highest BCUT2D eigenvalue weighted by atomic mass is 16.5. The lowest BCUT2D eigenvalue weighted by Crippen LogP contribution is -2.31. The second-order valence-corrected chi connectivity index (χ2v) is 8.77. The molecule has 2 aliphatic heterocycles. The molecule has 5 heteroatoms. The van der Waals surface area contributed by atoms with E-state index in [1.165, 1.54) is 5.57 Å². The summed E-state index contributed by atoms with van der Waals surface area (Å²) in [4.78, 5) is 0. The van der Waals surface area contributed by atoms with E-state index in [9.17, 15) is 15.3 Å². The maximum Gasteiger partial charge on any atom is 0.0840 e. The molecule has 0 aliphatic carbocycles. The Morgan fingerprint density at radius 2 is 1.57 bits per heavy atom. The lowest BCUT2D eigenvalue weighted by Gasteiger charge is -2.23. The number of hydrogen-bond acceptors (Lipinski definition) is 5. The van der Waals surface area contributed by atoms with Crippen LogP contribution in [0.4, 0.5) is 0 Å². The molecule has 164 valence electrons. The molecule has 1 saturated heterocycles. The molecule has 3 N–H and O–H groups in total. The Bertz CT molecular complexity index is 466. The van der Waals surface area contributed by atoms with E-state index in [1.807, 2.05) is 0 Å². The van der Waals surface area contributed by atoms with Crippen molar-refractivity contribution in [2.75, 3.05) is 0 Å². The quantitative estimate of drug-likeness (QED) is 0.324. The van der Waals surface area contributed by atoms with Gasteiger partial charge in [-0.15, -0.1) is 0 Å². The molecular formula is C23H42O5. The Kier molecular flexibility index (Phi) is 10.4. The molecule has 0 amide bonds. The molecule has 0 radical (unpaired) electrons. The van der Waals surface area contributed by atoms with Crippen molar-refractivity contribution in [1.29, 1.82) is 0 Å². The third-order valence-electron chi connectivity index (χ3n) is 6.24. The molecule has 28 heavy (non-hydrogen) atoms. The molecule has 0 aromatic heterocycles. The lowest BCUT2D eigenvalue weighted by molar-refractivity contribution is -0.0802. The summed E-state index contributed by atoms with van der Waals surface area (Å²) in [5.74, 6) is 0. The van der Waals surface area contributed by atoms with Gasteiger partial charge in [0.25, 0.3) is 0 Å². The predicted octanol–water partition coefficient (Wildman–Crippen LogP) is 3.88. The highest BCUT2D eigenvalue weighted by Gasteiger charge is 2.34. The van der Waals surface area contributed by atoms with Gasteiger partial charge in [-0.05, 0) is 70.8 Å². The number of hydrogen-bond donors (Lipinski definition) is 3. The van der Waals surface area contributed by atoms with Crippen LogP contribution in [0.15, 0.2) is 11.6 Å². The van der Waals surface area contributed by atoms with E-state index < -0.39 is 12.2 Å². The van der Waals surface area contributed by atoms with Crippen LogP contribution in [0.2, 0.25) is 0 Å². The van der Waals surface area contributed by atoms with Crippen LogP contribution in [-0.4, -0.2) is 58.0 Å². The van der Waals surface area contributed by atoms with Crippen molar-refractivity contribution >= 4 is 0 Å². The van der Waals surface area contributed by atoms with Crippen molar-refractivity contribution in [2.45, 2.75) is 134 Å². The van der Waals surface area contributed by atoms with Gasteiger partial charge < -0.3 is 24.8 Å². The second-order valence-electron chi connectivity index (χ2n) is 8.77. The Hall–Kier alpha value is -0.460. The maximum absolute atomic E-state index is 10.4. The third-order valence-corrected chi connectivity index (χ3v) is 6.24. The molecular weight excluding hydrogens is 356 g/mol. The van der Waals surface area contributed by atoms with E-state index in [1.54, 1.807) is 0 Å². The van der Waals surface area contributed by atoms with E-state index >= 15 is 0 Å². The zero-order chi connectivity index (χ0) is 20.5. The number of aliphatic hydroxyl groups excluding tert-OH is 3. The third kappa shape index (κ3) is 7.75. The minimum Gasteiger partial charge on any atom is -0.393 e. The Morgan fingerprint density at radius 1 is 0.893 bits per heavy atom. The smallest absolute Gasteiger partial charge is 0.0840 e. The molecule has 2 rings (SSSR count). The van der Waals surface area contributed by atoms with Gasteiger partial charge in [0.1, 0.15) is 0 Å². The van der Waals surface area contributed by atoms with Gasteiger partial charge in [-0.3, -0.25) is 0 Å². The lowest BCUT2D eigenvalue weighted by atomic mass is 9.98. The molecule has 0 aromatic rings. The van der Waals surface area contributed by atoms with Crippen LogP contribution in [-0.2, 0) is 9.47 Å². The van der Waals surface area contributed by atoms with Crippen molar-refractivity contribution in [3.05, 3.63) is 11.6 Å². The van der Waals surface area contributed by atoms with Crippen LogP contribution < -0.4 is 0 Å². The second kappa shape index (κ2) is 12.3. The first-order valence-corrected chi connectivity index (χ1v) is 11.5. The molecule has 7 atom stereocenters. The van der Waals surface area contributed by atoms with Gasteiger partial charge >= 0.3 is 0 Å². The standard InChI is InChI=1S/C23H42O5/c1-4-5-6-10-20(25)22-13-14-23(28-22)21(26)12-11-19(24)9-7-8-18-15-16(2)27-17(18)3/h15-17,19-26H,4-14H2,1-3H3/t16-,17+,19+,20+,21+,22+,23+/m0/s1. The first-order chi connectivity index (χ1) is 13.4. The molecule has 2 aliphatic rings. The van der Waals surface area contributed by atoms with Gasteiger partial charge in [0, 0.05) is 0 Å². The van der Waals surface area contributed by atoms with E-state index in [0.29, 0.717) is 12.8 Å². The summed E-state index contributed by atoms with van der Waals surface area (Å²) in [7, 11) is 0. The van der Waals surface area contributed by atoms with Crippen LogP contribution in [0, 0.1) is 0 Å². The highest BCUT2D eigenvalue weighted by Crippen LogP contribution is 2.29. The molecule has 0 spiro atoms. The molecule has 1 fully saturated rings. The van der Waals surface area contributed by atoms with E-state index in [4.69, 9.17) is 9.47 Å². The van der Waals surface area contributed by atoms with Crippen molar-refractivity contribution < 1.29 is 24.8 Å². The average molecular weight is 399 g/mol. The van der Waals surface area contributed by atoms with Crippen LogP contribution in [0.25, 0.3) is 0 Å². The summed E-state index contributed by atoms with van der Waals surface area (Å²) in [6.45, 7) is 6.29. The zero-order valence-corrected chi connectivity index (χ0v) is 18.1. The van der Waals surface area contributed by atoms with E-state index in [-0.39, 0.29) is 30.5 Å². The first-order valence-electron chi connectivity index (χ1n) is 11.5. The van der Waals surface area contributed by atoms with E-state index in [0.717, 1.165) is 57.8 Å². The first kappa shape index (κ1) is 23.8. The fourth-order valence-corrected chi connectivity index (χ4v) is 4.45. The normalized spacial score (nSPS) is 31.0. The van der Waals surface area contributed by atoms with Gasteiger partial charge in [-0.2, -0.15) is 0 Å². The maximum atomic E-state index is 10.4. The summed E-state index contributed by atoms with van der Waals surface area (Å²) in [6.07, 6.45) is 10.3. The zero-order valence-electron chi connectivity index (χ0n) is 18.1. The Balaban J connectivity index is 1.58. The highest BCUT2D eigenvalue weighted by molar-refractivity contribution is 5.14. The van der Waals surface area contributed by atoms with Crippen LogP contribution in [0.1, 0.15) is 91.4 Å². The summed E-state index contributed by atoms with van der Waals surface area (Å²) in [6, 6.07) is 0. The topological polar surface area (TPSA) is 79.2 Å².